The fraction of sp³-hybridized carbons (Fsp3) is 0.105. The molecule has 2 aromatic carbocycles. The second kappa shape index (κ2) is 6.71. The first kappa shape index (κ1) is 17.4. The molecule has 0 fully saturated rings. The minimum atomic E-state index is -0.531. The number of rotatable bonds is 3. The van der Waals surface area contributed by atoms with E-state index in [-0.39, 0.29) is 5.56 Å². The number of halogens is 1. The third-order valence-electron chi connectivity index (χ3n) is 4.83. The Labute approximate surface area is 169 Å². The van der Waals surface area contributed by atoms with Gasteiger partial charge in [0.25, 0.3) is 5.56 Å². The van der Waals surface area contributed by atoms with Crippen LogP contribution >= 0.6 is 11.6 Å². The molecule has 1 aliphatic heterocycles. The van der Waals surface area contributed by atoms with Crippen LogP contribution in [0.1, 0.15) is 17.2 Å². The third-order valence-corrected chi connectivity index (χ3v) is 5.18. The van der Waals surface area contributed by atoms with Crippen molar-refractivity contribution >= 4 is 23.2 Å². The van der Waals surface area contributed by atoms with Crippen molar-refractivity contribution in [2.45, 2.75) is 6.04 Å². The molecule has 2 aromatic heterocycles. The van der Waals surface area contributed by atoms with E-state index in [9.17, 15) is 4.79 Å². The quantitative estimate of drug-likeness (QED) is 0.473. The van der Waals surface area contributed by atoms with Gasteiger partial charge in [0.15, 0.2) is 0 Å². The molecule has 0 spiro atoms. The topological polar surface area (TPSA) is 111 Å². The summed E-state index contributed by atoms with van der Waals surface area (Å²) in [6.07, 6.45) is 0. The molecule has 1 aliphatic rings. The predicted molar refractivity (Wildman–Crippen MR) is 107 cm³/mol. The number of H-pyrrole nitrogens is 1. The van der Waals surface area contributed by atoms with Gasteiger partial charge >= 0.3 is 0 Å². The van der Waals surface area contributed by atoms with Crippen molar-refractivity contribution in [1.29, 1.82) is 0 Å². The van der Waals surface area contributed by atoms with E-state index < -0.39 is 6.04 Å². The predicted octanol–water partition coefficient (Wildman–Crippen LogP) is 2.78. The second-order valence-corrected chi connectivity index (χ2v) is 6.82. The number of tetrazole rings is 1. The number of anilines is 2. The number of nitrogens with zero attached hydrogens (tertiary/aromatic N) is 5. The SMILES string of the molecule is COc1ccc(-c2n[nH]c(=O)c3c2C(c2ccccc2Cl)n2nnnc2N3)cc1. The summed E-state index contributed by atoms with van der Waals surface area (Å²) < 4.78 is 6.84. The zero-order valence-electron chi connectivity index (χ0n) is 15.1. The molecule has 3 heterocycles. The normalized spacial score (nSPS) is 14.6. The summed E-state index contributed by atoms with van der Waals surface area (Å²) in [7, 11) is 1.60. The van der Waals surface area contributed by atoms with Crippen molar-refractivity contribution in [3.63, 3.8) is 0 Å². The van der Waals surface area contributed by atoms with Crippen LogP contribution in [0.5, 0.6) is 5.75 Å². The fourth-order valence-corrected chi connectivity index (χ4v) is 3.73. The molecule has 10 heteroatoms. The maximum atomic E-state index is 12.6. The Balaban J connectivity index is 1.81. The summed E-state index contributed by atoms with van der Waals surface area (Å²) in [6.45, 7) is 0. The molecule has 29 heavy (non-hydrogen) atoms. The van der Waals surface area contributed by atoms with Crippen molar-refractivity contribution in [3.05, 3.63) is 75.0 Å². The van der Waals surface area contributed by atoms with Crippen molar-refractivity contribution < 1.29 is 4.74 Å². The highest BCUT2D eigenvalue weighted by atomic mass is 35.5. The van der Waals surface area contributed by atoms with Crippen LogP contribution in [-0.2, 0) is 0 Å². The minimum absolute atomic E-state index is 0.332. The summed E-state index contributed by atoms with van der Waals surface area (Å²) in [4.78, 5) is 12.6. The van der Waals surface area contributed by atoms with E-state index in [2.05, 4.69) is 31.0 Å². The summed E-state index contributed by atoms with van der Waals surface area (Å²) in [5, 5.41) is 22.3. The van der Waals surface area contributed by atoms with Crippen molar-refractivity contribution in [2.24, 2.45) is 0 Å². The van der Waals surface area contributed by atoms with Crippen LogP contribution in [0.4, 0.5) is 11.6 Å². The van der Waals surface area contributed by atoms with E-state index in [0.717, 1.165) is 16.9 Å². The Bertz CT molecular complexity index is 1270. The Hall–Kier alpha value is -3.72. The molecule has 0 saturated carbocycles. The average molecular weight is 408 g/mol. The van der Waals surface area contributed by atoms with Crippen molar-refractivity contribution in [1.82, 2.24) is 30.4 Å². The molecule has 2 N–H and O–H groups in total. The molecule has 4 aromatic rings. The molecular weight excluding hydrogens is 394 g/mol. The van der Waals surface area contributed by atoms with E-state index in [1.54, 1.807) is 17.9 Å². The van der Waals surface area contributed by atoms with E-state index in [1.165, 1.54) is 0 Å². The van der Waals surface area contributed by atoms with E-state index in [0.29, 0.717) is 27.9 Å². The molecule has 5 rings (SSSR count). The summed E-state index contributed by atoms with van der Waals surface area (Å²) in [6, 6.07) is 14.3. The number of benzene rings is 2. The Morgan fingerprint density at radius 1 is 1.14 bits per heavy atom. The smallest absolute Gasteiger partial charge is 0.288 e. The van der Waals surface area contributed by atoms with Crippen LogP contribution in [0, 0.1) is 0 Å². The van der Waals surface area contributed by atoms with Gasteiger partial charge in [-0.1, -0.05) is 34.9 Å². The van der Waals surface area contributed by atoms with Gasteiger partial charge in [-0.2, -0.15) is 9.78 Å². The molecular formula is C19H14ClN7O2. The number of ether oxygens (including phenoxy) is 1. The number of methoxy groups -OCH3 is 1. The monoisotopic (exact) mass is 407 g/mol. The van der Waals surface area contributed by atoms with Crippen LogP contribution in [-0.4, -0.2) is 37.5 Å². The standard InChI is InChI=1S/C19H14ClN7O2/c1-29-11-8-6-10(7-9-11)15-14-16(18(28)23-22-15)21-19-24-25-26-27(19)17(14)12-4-2-3-5-13(12)20/h2-9,17H,1H3,(H,23,28)(H,21,24,26). The third kappa shape index (κ3) is 2.74. The van der Waals surface area contributed by atoms with Gasteiger partial charge in [-0.05, 0) is 40.8 Å². The summed E-state index contributed by atoms with van der Waals surface area (Å²) >= 11 is 6.51. The lowest BCUT2D eigenvalue weighted by Gasteiger charge is -2.28. The van der Waals surface area contributed by atoms with Crippen LogP contribution in [0.3, 0.4) is 0 Å². The van der Waals surface area contributed by atoms with Gasteiger partial charge in [-0.25, -0.2) is 5.10 Å². The van der Waals surface area contributed by atoms with E-state index in [4.69, 9.17) is 16.3 Å². The van der Waals surface area contributed by atoms with Gasteiger partial charge in [-0.3, -0.25) is 4.79 Å². The molecule has 0 radical (unpaired) electrons. The lowest BCUT2D eigenvalue weighted by atomic mass is 9.92. The highest BCUT2D eigenvalue weighted by Gasteiger charge is 2.35. The second-order valence-electron chi connectivity index (χ2n) is 6.41. The maximum absolute atomic E-state index is 12.6. The van der Waals surface area contributed by atoms with Gasteiger partial charge in [-0.15, -0.1) is 0 Å². The van der Waals surface area contributed by atoms with Gasteiger partial charge in [0, 0.05) is 21.7 Å². The maximum Gasteiger partial charge on any atom is 0.288 e. The van der Waals surface area contributed by atoms with Crippen LogP contribution in [0.25, 0.3) is 11.3 Å². The summed E-state index contributed by atoms with van der Waals surface area (Å²) in [5.41, 5.74) is 2.73. The average Bonchev–Trinajstić information content (AvgIpc) is 3.22. The molecule has 1 atom stereocenters. The number of fused-ring (bicyclic) bond motifs is 2. The molecule has 0 bridgehead atoms. The van der Waals surface area contributed by atoms with Gasteiger partial charge < -0.3 is 10.1 Å². The number of aromatic nitrogens is 6. The number of hydrogen-bond acceptors (Lipinski definition) is 7. The largest absolute Gasteiger partial charge is 0.497 e. The first-order valence-electron chi connectivity index (χ1n) is 8.73. The van der Waals surface area contributed by atoms with E-state index >= 15 is 0 Å². The van der Waals surface area contributed by atoms with Crippen LogP contribution < -0.4 is 15.6 Å². The number of hydrogen-bond donors (Lipinski definition) is 2. The highest BCUT2D eigenvalue weighted by molar-refractivity contribution is 6.31. The van der Waals surface area contributed by atoms with E-state index in [1.807, 2.05) is 42.5 Å². The lowest BCUT2D eigenvalue weighted by Crippen LogP contribution is -2.29. The Kier molecular flexibility index (Phi) is 4.02. The molecule has 1 unspecified atom stereocenters. The first-order valence-corrected chi connectivity index (χ1v) is 9.11. The van der Waals surface area contributed by atoms with Gasteiger partial charge in [0.1, 0.15) is 17.5 Å². The summed E-state index contributed by atoms with van der Waals surface area (Å²) in [5.74, 6) is 1.07. The van der Waals surface area contributed by atoms with Gasteiger partial charge in [0.05, 0.1) is 12.8 Å². The molecule has 9 nitrogen and oxygen atoms in total. The minimum Gasteiger partial charge on any atom is -0.497 e. The molecule has 144 valence electrons. The lowest BCUT2D eigenvalue weighted by molar-refractivity contribution is 0.415. The Morgan fingerprint density at radius 2 is 1.93 bits per heavy atom. The number of nitrogens with one attached hydrogen (secondary N) is 2. The van der Waals surface area contributed by atoms with Crippen molar-refractivity contribution in [3.8, 4) is 17.0 Å². The fourth-order valence-electron chi connectivity index (χ4n) is 3.49. The van der Waals surface area contributed by atoms with Crippen LogP contribution in [0.2, 0.25) is 5.02 Å². The zero-order valence-corrected chi connectivity index (χ0v) is 15.9. The first-order chi connectivity index (χ1) is 14.2. The molecule has 0 amide bonds. The van der Waals surface area contributed by atoms with Gasteiger partial charge in [0.2, 0.25) is 5.95 Å². The highest BCUT2D eigenvalue weighted by Crippen LogP contribution is 2.42. The van der Waals surface area contributed by atoms with Crippen molar-refractivity contribution in [2.75, 3.05) is 12.4 Å². The zero-order chi connectivity index (χ0) is 20.0. The Morgan fingerprint density at radius 3 is 2.69 bits per heavy atom. The number of aromatic amines is 1. The molecule has 0 saturated heterocycles. The van der Waals surface area contributed by atoms with Crippen LogP contribution in [0.15, 0.2) is 53.3 Å². The molecule has 0 aliphatic carbocycles.